The van der Waals surface area contributed by atoms with Crippen LogP contribution in [0.4, 0.5) is 0 Å². The molecule has 0 saturated carbocycles. The number of thioether (sulfide) groups is 1. The second-order valence-electron chi connectivity index (χ2n) is 3.08. The molecule has 0 unspecified atom stereocenters. The zero-order chi connectivity index (χ0) is 9.73. The first kappa shape index (κ1) is 11.1. The Bertz CT molecular complexity index is 270. The molecule has 1 fully saturated rings. The van der Waals surface area contributed by atoms with E-state index >= 15 is 0 Å². The van der Waals surface area contributed by atoms with Crippen molar-refractivity contribution in [1.29, 1.82) is 0 Å². The third-order valence-electron chi connectivity index (χ3n) is 1.94. The van der Waals surface area contributed by atoms with E-state index in [4.69, 9.17) is 4.55 Å². The van der Waals surface area contributed by atoms with Crippen LogP contribution in [-0.4, -0.2) is 30.2 Å². The topological polar surface area (TPSA) is 54.4 Å². The summed E-state index contributed by atoms with van der Waals surface area (Å²) in [6.07, 6.45) is 4.70. The van der Waals surface area contributed by atoms with Crippen molar-refractivity contribution in [3.8, 4) is 0 Å². The van der Waals surface area contributed by atoms with Gasteiger partial charge in [-0.15, -0.1) is 0 Å². The van der Waals surface area contributed by atoms with Crippen molar-refractivity contribution >= 4 is 21.9 Å². The van der Waals surface area contributed by atoms with Gasteiger partial charge in [-0.2, -0.15) is 20.2 Å². The second kappa shape index (κ2) is 5.02. The Labute approximate surface area is 83.4 Å². The first-order chi connectivity index (χ1) is 6.08. The second-order valence-corrected chi connectivity index (χ2v) is 5.80. The van der Waals surface area contributed by atoms with Gasteiger partial charge in [0.25, 0.3) is 10.1 Å². The number of rotatable bonds is 2. The summed E-state index contributed by atoms with van der Waals surface area (Å²) >= 11 is 1.90. The highest BCUT2D eigenvalue weighted by Gasteiger charge is 2.06. The molecule has 13 heavy (non-hydrogen) atoms. The van der Waals surface area contributed by atoms with Gasteiger partial charge in [-0.05, 0) is 30.8 Å². The molecule has 0 radical (unpaired) electrons. The fourth-order valence-corrected chi connectivity index (χ4v) is 2.66. The average Bonchev–Trinajstić information content (AvgIpc) is 2.26. The first-order valence-corrected chi connectivity index (χ1v) is 7.05. The maximum atomic E-state index is 10.5. The Balaban J connectivity index is 2.49. The van der Waals surface area contributed by atoms with E-state index in [2.05, 4.69) is 0 Å². The van der Waals surface area contributed by atoms with Gasteiger partial charge >= 0.3 is 0 Å². The summed E-state index contributed by atoms with van der Waals surface area (Å²) in [5.74, 6) is 1.99. The minimum Gasteiger partial charge on any atom is -0.285 e. The van der Waals surface area contributed by atoms with Crippen molar-refractivity contribution in [2.24, 2.45) is 0 Å². The summed E-state index contributed by atoms with van der Waals surface area (Å²) in [4.78, 5) is 0. The molecule has 1 saturated heterocycles. The lowest BCUT2D eigenvalue weighted by Gasteiger charge is -2.00. The third-order valence-corrected chi connectivity index (χ3v) is 3.59. The molecule has 1 rings (SSSR count). The van der Waals surface area contributed by atoms with Gasteiger partial charge in [0, 0.05) is 0 Å². The molecule has 0 aromatic carbocycles. The Morgan fingerprint density at radius 2 is 2.15 bits per heavy atom. The van der Waals surface area contributed by atoms with E-state index in [0.29, 0.717) is 0 Å². The fourth-order valence-electron chi connectivity index (χ4n) is 1.26. The summed E-state index contributed by atoms with van der Waals surface area (Å²) in [6.45, 7) is 0. The van der Waals surface area contributed by atoms with Crippen LogP contribution < -0.4 is 0 Å². The molecule has 3 nitrogen and oxygen atoms in total. The summed E-state index contributed by atoms with van der Waals surface area (Å²) in [7, 11) is -3.82. The van der Waals surface area contributed by atoms with E-state index in [1.165, 1.54) is 5.57 Å². The normalized spacial score (nSPS) is 23.0. The highest BCUT2D eigenvalue weighted by atomic mass is 32.2. The van der Waals surface area contributed by atoms with Gasteiger partial charge in [0.2, 0.25) is 0 Å². The molecule has 0 spiro atoms. The van der Waals surface area contributed by atoms with Crippen molar-refractivity contribution in [1.82, 2.24) is 0 Å². The van der Waals surface area contributed by atoms with Crippen LogP contribution in [0.25, 0.3) is 0 Å². The van der Waals surface area contributed by atoms with E-state index in [9.17, 15) is 8.42 Å². The van der Waals surface area contributed by atoms with E-state index in [1.807, 2.05) is 11.8 Å². The van der Waals surface area contributed by atoms with E-state index in [0.717, 1.165) is 30.8 Å². The van der Waals surface area contributed by atoms with Gasteiger partial charge < -0.3 is 0 Å². The maximum absolute atomic E-state index is 10.5. The summed E-state index contributed by atoms with van der Waals surface area (Å²) < 4.78 is 29.5. The molecule has 0 amide bonds. The van der Waals surface area contributed by atoms with Gasteiger partial charge in [-0.3, -0.25) is 4.55 Å². The van der Waals surface area contributed by atoms with Crippen LogP contribution in [0.15, 0.2) is 11.6 Å². The number of allylic oxidation sites excluding steroid dienone is 1. The average molecular weight is 222 g/mol. The van der Waals surface area contributed by atoms with Crippen molar-refractivity contribution in [3.05, 3.63) is 11.6 Å². The molecular formula is C8H14O3S2. The fraction of sp³-hybridized carbons (Fsp3) is 0.750. The van der Waals surface area contributed by atoms with Gasteiger partial charge in [-0.25, -0.2) is 0 Å². The molecular weight excluding hydrogens is 208 g/mol. The molecule has 0 aromatic rings. The molecule has 1 heterocycles. The lowest BCUT2D eigenvalue weighted by Crippen LogP contribution is -2.01. The molecule has 0 aromatic heterocycles. The smallest absolute Gasteiger partial charge is 0.268 e. The Morgan fingerprint density at radius 1 is 1.38 bits per heavy atom. The zero-order valence-corrected chi connectivity index (χ0v) is 9.03. The van der Waals surface area contributed by atoms with Crippen LogP contribution in [-0.2, 0) is 10.1 Å². The van der Waals surface area contributed by atoms with Gasteiger partial charge in [0.15, 0.2) is 0 Å². The molecule has 0 aliphatic carbocycles. The lowest BCUT2D eigenvalue weighted by atomic mass is 10.1. The highest BCUT2D eigenvalue weighted by Crippen LogP contribution is 2.21. The monoisotopic (exact) mass is 222 g/mol. The minimum absolute atomic E-state index is 0.229. The third kappa shape index (κ3) is 5.33. The summed E-state index contributed by atoms with van der Waals surface area (Å²) in [5.41, 5.74) is 1.17. The minimum atomic E-state index is -3.82. The SMILES string of the molecule is O=S(=O)(O)C/C=C1\CCCSCC1. The quantitative estimate of drug-likeness (QED) is 0.571. The molecule has 1 aliphatic rings. The highest BCUT2D eigenvalue weighted by molar-refractivity contribution is 7.99. The van der Waals surface area contributed by atoms with Crippen LogP contribution in [0.3, 0.4) is 0 Å². The van der Waals surface area contributed by atoms with Crippen LogP contribution >= 0.6 is 11.8 Å². The van der Waals surface area contributed by atoms with Gasteiger partial charge in [0.1, 0.15) is 0 Å². The van der Waals surface area contributed by atoms with Crippen LogP contribution in [0, 0.1) is 0 Å². The van der Waals surface area contributed by atoms with E-state index in [1.54, 1.807) is 6.08 Å². The molecule has 0 atom stereocenters. The van der Waals surface area contributed by atoms with Crippen molar-refractivity contribution in [2.75, 3.05) is 17.3 Å². The maximum Gasteiger partial charge on any atom is 0.268 e. The molecule has 1 aliphatic heterocycles. The molecule has 5 heteroatoms. The Kier molecular flexibility index (Phi) is 4.28. The van der Waals surface area contributed by atoms with E-state index < -0.39 is 10.1 Å². The summed E-state index contributed by atoms with van der Waals surface area (Å²) in [6, 6.07) is 0. The van der Waals surface area contributed by atoms with Crippen LogP contribution in [0.1, 0.15) is 19.3 Å². The Hall–Kier alpha value is -0.000000000000000111. The number of hydrogen-bond donors (Lipinski definition) is 1. The largest absolute Gasteiger partial charge is 0.285 e. The predicted molar refractivity (Wildman–Crippen MR) is 55.7 cm³/mol. The van der Waals surface area contributed by atoms with Crippen LogP contribution in [0.5, 0.6) is 0 Å². The Morgan fingerprint density at radius 3 is 2.85 bits per heavy atom. The van der Waals surface area contributed by atoms with Crippen molar-refractivity contribution < 1.29 is 13.0 Å². The zero-order valence-electron chi connectivity index (χ0n) is 7.40. The predicted octanol–water partition coefficient (Wildman–Crippen LogP) is 1.72. The number of hydrogen-bond acceptors (Lipinski definition) is 3. The van der Waals surface area contributed by atoms with Gasteiger partial charge in [0.05, 0.1) is 5.75 Å². The van der Waals surface area contributed by atoms with Crippen molar-refractivity contribution in [3.63, 3.8) is 0 Å². The van der Waals surface area contributed by atoms with Crippen LogP contribution in [0.2, 0.25) is 0 Å². The standard InChI is InChI=1S/C8H14O3S2/c9-13(10,11)7-4-8-2-1-5-12-6-3-8/h4H,1-3,5-7H2,(H,9,10,11)/b8-4+. The molecule has 0 bridgehead atoms. The molecule has 76 valence electrons. The molecule has 1 N–H and O–H groups in total. The first-order valence-electron chi connectivity index (χ1n) is 4.29. The van der Waals surface area contributed by atoms with Gasteiger partial charge in [-0.1, -0.05) is 11.6 Å². The van der Waals surface area contributed by atoms with E-state index in [-0.39, 0.29) is 5.75 Å². The summed E-state index contributed by atoms with van der Waals surface area (Å²) in [5, 5.41) is 0. The lowest BCUT2D eigenvalue weighted by molar-refractivity contribution is 0.486. The van der Waals surface area contributed by atoms with Crippen molar-refractivity contribution in [2.45, 2.75) is 19.3 Å².